The summed E-state index contributed by atoms with van der Waals surface area (Å²) in [5, 5.41) is 0. The van der Waals surface area contributed by atoms with Crippen molar-refractivity contribution in [1.29, 1.82) is 0 Å². The summed E-state index contributed by atoms with van der Waals surface area (Å²) in [6, 6.07) is 0. The number of rotatable bonds is 44. The summed E-state index contributed by atoms with van der Waals surface area (Å²) in [7, 11) is 0. The van der Waals surface area contributed by atoms with Crippen LogP contribution >= 0.6 is 0 Å². The molecule has 0 aliphatic rings. The van der Waals surface area contributed by atoms with E-state index in [4.69, 9.17) is 14.2 Å². The summed E-state index contributed by atoms with van der Waals surface area (Å²) in [6.45, 7) is 7.43. The van der Waals surface area contributed by atoms with E-state index in [1.165, 1.54) is 70.6 Å². The standard InChI is InChI=1S/C55H92O5/c1-4-7-10-13-16-19-22-25-27-28-29-31-33-36-39-42-45-48-54(56)59-52-53(51-58-50-47-44-41-38-35-32-26-23-20-17-14-11-8-5-2)60-55(57)49-46-43-40-37-34-30-24-21-18-15-12-9-6-3/h7-8,10-11,16-17,19-21,24-27,32,38,41,53H,4-6,9,12-15,18,22-23,28-31,33-37,39-40,42-52H2,1-3H3/b10-7-,11-8-,19-16-,20-17-,24-21-,27-25-,32-26-,41-38-. The molecule has 1 atom stereocenters. The Morgan fingerprint density at radius 3 is 1.22 bits per heavy atom. The number of carbonyl (C=O) groups excluding carboxylic acids is 2. The van der Waals surface area contributed by atoms with E-state index >= 15 is 0 Å². The average Bonchev–Trinajstić information content (AvgIpc) is 3.25. The van der Waals surface area contributed by atoms with Crippen molar-refractivity contribution in [2.24, 2.45) is 0 Å². The van der Waals surface area contributed by atoms with Crippen LogP contribution in [0.5, 0.6) is 0 Å². The molecular weight excluding hydrogens is 741 g/mol. The van der Waals surface area contributed by atoms with E-state index in [2.05, 4.69) is 118 Å². The molecule has 0 aromatic carbocycles. The molecule has 0 rings (SSSR count). The van der Waals surface area contributed by atoms with Crippen LogP contribution in [-0.4, -0.2) is 37.9 Å². The number of hydrogen-bond acceptors (Lipinski definition) is 5. The Bertz CT molecular complexity index is 1170. The molecule has 0 N–H and O–H groups in total. The summed E-state index contributed by atoms with van der Waals surface area (Å²) in [4.78, 5) is 25.3. The molecule has 1 unspecified atom stereocenters. The van der Waals surface area contributed by atoms with E-state index in [1.807, 2.05) is 0 Å². The molecule has 0 aromatic rings. The molecule has 0 fully saturated rings. The second-order valence-corrected chi connectivity index (χ2v) is 15.9. The third-order valence-electron chi connectivity index (χ3n) is 10.1. The number of allylic oxidation sites excluding steroid dienone is 16. The van der Waals surface area contributed by atoms with Crippen molar-refractivity contribution in [3.05, 3.63) is 97.2 Å². The first-order valence-electron chi connectivity index (χ1n) is 24.8. The molecule has 0 aliphatic heterocycles. The van der Waals surface area contributed by atoms with Crippen molar-refractivity contribution >= 4 is 11.9 Å². The molecule has 0 radical (unpaired) electrons. The maximum Gasteiger partial charge on any atom is 0.306 e. The Hall–Kier alpha value is -3.18. The summed E-state index contributed by atoms with van der Waals surface area (Å²) in [5.41, 5.74) is 0. The highest BCUT2D eigenvalue weighted by Crippen LogP contribution is 2.13. The molecule has 0 aliphatic carbocycles. The predicted molar refractivity (Wildman–Crippen MR) is 260 cm³/mol. The van der Waals surface area contributed by atoms with Crippen LogP contribution in [0.25, 0.3) is 0 Å². The fraction of sp³-hybridized carbons (Fsp3) is 0.673. The zero-order valence-corrected chi connectivity index (χ0v) is 39.2. The van der Waals surface area contributed by atoms with Gasteiger partial charge >= 0.3 is 11.9 Å². The molecule has 0 bridgehead atoms. The van der Waals surface area contributed by atoms with Crippen LogP contribution in [-0.2, 0) is 23.8 Å². The Labute approximate surface area is 371 Å². The van der Waals surface area contributed by atoms with Crippen LogP contribution in [0.1, 0.15) is 213 Å². The van der Waals surface area contributed by atoms with Crippen LogP contribution in [0.4, 0.5) is 0 Å². The van der Waals surface area contributed by atoms with Gasteiger partial charge in [0.2, 0.25) is 0 Å². The van der Waals surface area contributed by atoms with Gasteiger partial charge in [0.25, 0.3) is 0 Å². The maximum absolute atomic E-state index is 12.8. The minimum Gasteiger partial charge on any atom is -0.462 e. The second-order valence-electron chi connectivity index (χ2n) is 15.9. The van der Waals surface area contributed by atoms with Gasteiger partial charge in [-0.05, 0) is 109 Å². The molecule has 0 heterocycles. The fourth-order valence-electron chi connectivity index (χ4n) is 6.46. The average molecular weight is 833 g/mol. The first kappa shape index (κ1) is 56.8. The zero-order chi connectivity index (χ0) is 43.5. The normalized spacial score (nSPS) is 13.1. The first-order valence-corrected chi connectivity index (χ1v) is 24.8. The summed E-state index contributed by atoms with van der Waals surface area (Å²) in [5.74, 6) is -0.453. The highest BCUT2D eigenvalue weighted by molar-refractivity contribution is 5.70. The van der Waals surface area contributed by atoms with E-state index in [0.717, 1.165) is 109 Å². The Kier molecular flexibility index (Phi) is 47.5. The van der Waals surface area contributed by atoms with Crippen LogP contribution in [0.15, 0.2) is 97.2 Å². The molecule has 5 nitrogen and oxygen atoms in total. The Balaban J connectivity index is 4.37. The van der Waals surface area contributed by atoms with Gasteiger partial charge in [-0.1, -0.05) is 189 Å². The third-order valence-corrected chi connectivity index (χ3v) is 10.1. The fourth-order valence-corrected chi connectivity index (χ4v) is 6.46. The van der Waals surface area contributed by atoms with Crippen molar-refractivity contribution in [1.82, 2.24) is 0 Å². The summed E-state index contributed by atoms with van der Waals surface area (Å²) < 4.78 is 17.3. The molecule has 0 saturated heterocycles. The quantitative estimate of drug-likeness (QED) is 0.0348. The third kappa shape index (κ3) is 47.5. The zero-order valence-electron chi connectivity index (χ0n) is 39.2. The van der Waals surface area contributed by atoms with E-state index in [1.54, 1.807) is 0 Å². The van der Waals surface area contributed by atoms with E-state index in [9.17, 15) is 9.59 Å². The van der Waals surface area contributed by atoms with Gasteiger partial charge in [0.05, 0.1) is 6.61 Å². The number of carbonyl (C=O) groups is 2. The largest absolute Gasteiger partial charge is 0.462 e. The minimum absolute atomic E-state index is 0.0502. The van der Waals surface area contributed by atoms with Crippen LogP contribution < -0.4 is 0 Å². The van der Waals surface area contributed by atoms with Gasteiger partial charge in [-0.25, -0.2) is 0 Å². The molecule has 60 heavy (non-hydrogen) atoms. The van der Waals surface area contributed by atoms with E-state index < -0.39 is 6.10 Å². The highest BCUT2D eigenvalue weighted by atomic mass is 16.6. The van der Waals surface area contributed by atoms with Crippen LogP contribution in [0.3, 0.4) is 0 Å². The van der Waals surface area contributed by atoms with Gasteiger partial charge in [-0.15, -0.1) is 0 Å². The lowest BCUT2D eigenvalue weighted by atomic mass is 10.1. The summed E-state index contributed by atoms with van der Waals surface area (Å²) >= 11 is 0. The van der Waals surface area contributed by atoms with Gasteiger partial charge in [-0.3, -0.25) is 9.59 Å². The molecule has 0 spiro atoms. The highest BCUT2D eigenvalue weighted by Gasteiger charge is 2.17. The van der Waals surface area contributed by atoms with Crippen molar-refractivity contribution in [3.8, 4) is 0 Å². The molecule has 0 saturated carbocycles. The predicted octanol–water partition coefficient (Wildman–Crippen LogP) is 16.7. The van der Waals surface area contributed by atoms with Crippen LogP contribution in [0, 0.1) is 0 Å². The van der Waals surface area contributed by atoms with Crippen molar-refractivity contribution in [3.63, 3.8) is 0 Å². The molecular formula is C55H92O5. The maximum atomic E-state index is 12.8. The lowest BCUT2D eigenvalue weighted by Crippen LogP contribution is -2.30. The minimum atomic E-state index is -0.577. The van der Waals surface area contributed by atoms with Gasteiger partial charge in [0.1, 0.15) is 6.61 Å². The molecule has 0 amide bonds. The van der Waals surface area contributed by atoms with Crippen molar-refractivity contribution in [2.75, 3.05) is 19.8 Å². The Morgan fingerprint density at radius 1 is 0.383 bits per heavy atom. The number of hydrogen-bond donors (Lipinski definition) is 0. The van der Waals surface area contributed by atoms with Crippen LogP contribution in [0.2, 0.25) is 0 Å². The van der Waals surface area contributed by atoms with E-state index in [0.29, 0.717) is 19.4 Å². The lowest BCUT2D eigenvalue weighted by Gasteiger charge is -2.18. The van der Waals surface area contributed by atoms with Gasteiger partial charge < -0.3 is 14.2 Å². The lowest BCUT2D eigenvalue weighted by molar-refractivity contribution is -0.163. The SMILES string of the molecule is CC/C=C\C/C=C\C/C=C\C/C=C\CCCOCC(COC(=O)CCCCCCCCC/C=C\C/C=C\C/C=C\CC)OC(=O)CCCCCCC/C=C\CCCCCC. The summed E-state index contributed by atoms with van der Waals surface area (Å²) in [6.07, 6.45) is 67.1. The number of esters is 2. The van der Waals surface area contributed by atoms with Crippen molar-refractivity contribution < 1.29 is 23.8 Å². The van der Waals surface area contributed by atoms with Gasteiger partial charge in [0.15, 0.2) is 6.10 Å². The smallest absolute Gasteiger partial charge is 0.306 e. The van der Waals surface area contributed by atoms with E-state index in [-0.39, 0.29) is 25.2 Å². The van der Waals surface area contributed by atoms with Gasteiger partial charge in [-0.2, -0.15) is 0 Å². The second kappa shape index (κ2) is 50.2. The Morgan fingerprint density at radius 2 is 0.750 bits per heavy atom. The molecule has 5 heteroatoms. The first-order chi connectivity index (χ1) is 29.6. The molecule has 342 valence electrons. The van der Waals surface area contributed by atoms with Crippen molar-refractivity contribution in [2.45, 2.75) is 219 Å². The number of unbranched alkanes of at least 4 members (excludes halogenated alkanes) is 17. The number of ether oxygens (including phenoxy) is 3. The van der Waals surface area contributed by atoms with Gasteiger partial charge in [0, 0.05) is 19.4 Å². The monoisotopic (exact) mass is 833 g/mol. The molecule has 0 aromatic heterocycles. The topological polar surface area (TPSA) is 61.8 Å².